The van der Waals surface area contributed by atoms with Crippen LogP contribution < -0.4 is 0 Å². The molecule has 0 spiro atoms. The van der Waals surface area contributed by atoms with Crippen LogP contribution in [0.15, 0.2) is 12.2 Å². The summed E-state index contributed by atoms with van der Waals surface area (Å²) in [6, 6.07) is 0. The Hall–Kier alpha value is 0.714. The van der Waals surface area contributed by atoms with Crippen molar-refractivity contribution in [2.24, 2.45) is 0 Å². The molecular formula is C5H9Y-. The van der Waals surface area contributed by atoms with Crippen molar-refractivity contribution in [2.45, 2.75) is 13.3 Å². The molecule has 0 fully saturated rings. The van der Waals surface area contributed by atoms with Crippen molar-refractivity contribution in [3.63, 3.8) is 0 Å². The van der Waals surface area contributed by atoms with E-state index >= 15 is 0 Å². The first-order valence-electron chi connectivity index (χ1n) is 1.86. The van der Waals surface area contributed by atoms with Crippen LogP contribution >= 0.6 is 0 Å². The molecule has 0 aromatic carbocycles. The van der Waals surface area contributed by atoms with Crippen molar-refractivity contribution in [3.8, 4) is 0 Å². The van der Waals surface area contributed by atoms with E-state index < -0.39 is 0 Å². The van der Waals surface area contributed by atoms with Crippen molar-refractivity contribution < 1.29 is 32.7 Å². The van der Waals surface area contributed by atoms with Gasteiger partial charge in [0.05, 0.1) is 0 Å². The van der Waals surface area contributed by atoms with E-state index in [-0.39, 0.29) is 32.7 Å². The molecule has 0 aliphatic rings. The maximum absolute atomic E-state index is 3.49. The molecule has 33 valence electrons. The summed E-state index contributed by atoms with van der Waals surface area (Å²) in [5.74, 6) is 0. The van der Waals surface area contributed by atoms with Gasteiger partial charge in [0.1, 0.15) is 0 Å². The van der Waals surface area contributed by atoms with Crippen LogP contribution in [0.5, 0.6) is 0 Å². The second kappa shape index (κ2) is 9.21. The molecule has 1 radical (unpaired) electrons. The molecule has 0 nitrogen and oxygen atoms in total. The fourth-order valence-electron chi connectivity index (χ4n) is 0.167. The number of hydrogen-bond donors (Lipinski definition) is 0. The Kier molecular flexibility index (Phi) is 15.1. The fourth-order valence-corrected chi connectivity index (χ4v) is 0.167. The van der Waals surface area contributed by atoms with Gasteiger partial charge in [-0.1, -0.05) is 6.92 Å². The van der Waals surface area contributed by atoms with Gasteiger partial charge >= 0.3 is 0 Å². The average molecular weight is 158 g/mol. The van der Waals surface area contributed by atoms with E-state index in [9.17, 15) is 0 Å². The molecular weight excluding hydrogens is 149 g/mol. The summed E-state index contributed by atoms with van der Waals surface area (Å²) in [5, 5.41) is 0. The van der Waals surface area contributed by atoms with E-state index in [4.69, 9.17) is 0 Å². The maximum atomic E-state index is 3.49. The van der Waals surface area contributed by atoms with Gasteiger partial charge in [0.25, 0.3) is 0 Å². The first kappa shape index (κ1) is 9.86. The number of hydrogen-bond acceptors (Lipinski definition) is 0. The molecule has 0 saturated carbocycles. The zero-order chi connectivity index (χ0) is 4.12. The van der Waals surface area contributed by atoms with E-state index in [2.05, 4.69) is 13.8 Å². The summed E-state index contributed by atoms with van der Waals surface area (Å²) in [7, 11) is 0. The van der Waals surface area contributed by atoms with Gasteiger partial charge in [0.15, 0.2) is 0 Å². The Morgan fingerprint density at radius 3 is 2.17 bits per heavy atom. The van der Waals surface area contributed by atoms with Gasteiger partial charge < -0.3 is 0 Å². The van der Waals surface area contributed by atoms with Crippen LogP contribution in [-0.4, -0.2) is 0 Å². The summed E-state index contributed by atoms with van der Waals surface area (Å²) in [4.78, 5) is 0. The minimum absolute atomic E-state index is 0. The van der Waals surface area contributed by atoms with Crippen molar-refractivity contribution in [1.29, 1.82) is 0 Å². The Morgan fingerprint density at radius 1 is 1.67 bits per heavy atom. The minimum Gasteiger partial charge on any atom is -0.245 e. The second-order valence-corrected chi connectivity index (χ2v) is 0.880. The molecule has 0 unspecified atom stereocenters. The van der Waals surface area contributed by atoms with E-state index in [1.165, 1.54) is 0 Å². The Labute approximate surface area is 64.9 Å². The molecule has 0 rings (SSSR count). The van der Waals surface area contributed by atoms with Crippen molar-refractivity contribution in [2.75, 3.05) is 0 Å². The van der Waals surface area contributed by atoms with Gasteiger partial charge in [-0.3, -0.25) is 0 Å². The van der Waals surface area contributed by atoms with Crippen LogP contribution in [0.1, 0.15) is 13.3 Å². The molecule has 0 aromatic heterocycles. The smallest absolute Gasteiger partial charge is 0 e. The van der Waals surface area contributed by atoms with Crippen molar-refractivity contribution >= 4 is 0 Å². The molecule has 0 atom stereocenters. The molecule has 0 aliphatic heterocycles. The molecule has 0 bridgehead atoms. The molecule has 0 amide bonds. The maximum Gasteiger partial charge on any atom is 0 e. The molecule has 0 aromatic rings. The number of allylic oxidation sites excluding steroid dienone is 2. The molecule has 0 heterocycles. The first-order valence-corrected chi connectivity index (χ1v) is 1.86. The van der Waals surface area contributed by atoms with Gasteiger partial charge in [-0.25, -0.2) is 19.1 Å². The van der Waals surface area contributed by atoms with Crippen LogP contribution in [0, 0.1) is 6.92 Å². The van der Waals surface area contributed by atoms with Gasteiger partial charge in [-0.15, -0.1) is 6.42 Å². The van der Waals surface area contributed by atoms with E-state index in [0.29, 0.717) is 0 Å². The third-order valence-corrected chi connectivity index (χ3v) is 0.402. The minimum atomic E-state index is 0. The molecule has 6 heavy (non-hydrogen) atoms. The molecule has 1 heteroatoms. The molecule has 0 aliphatic carbocycles. The van der Waals surface area contributed by atoms with E-state index in [1.807, 2.05) is 6.08 Å². The van der Waals surface area contributed by atoms with Crippen LogP contribution in [0.4, 0.5) is 0 Å². The summed E-state index contributed by atoms with van der Waals surface area (Å²) >= 11 is 0. The second-order valence-electron chi connectivity index (χ2n) is 0.880. The van der Waals surface area contributed by atoms with E-state index in [1.54, 1.807) is 6.08 Å². The first-order chi connectivity index (χ1) is 2.41. The SMILES string of the molecule is [CH2-]/C=C\CC.[Y]. The third-order valence-electron chi connectivity index (χ3n) is 0.402. The standard InChI is InChI=1S/C5H9.Y/c1-3-5-4-2;/h3,5H,1,4H2,2H3;/q-1;/b5-3-;. The van der Waals surface area contributed by atoms with Crippen molar-refractivity contribution in [3.05, 3.63) is 19.1 Å². The average Bonchev–Trinajstić information content (AvgIpc) is 1.41. The van der Waals surface area contributed by atoms with Gasteiger partial charge in [-0.05, 0) is 0 Å². The predicted molar refractivity (Wildman–Crippen MR) is 24.8 cm³/mol. The third kappa shape index (κ3) is 8.83. The predicted octanol–water partition coefficient (Wildman–Crippen LogP) is 1.78. The quantitative estimate of drug-likeness (QED) is 0.510. The van der Waals surface area contributed by atoms with Crippen LogP contribution in [0.3, 0.4) is 0 Å². The Bertz CT molecular complexity index is 30.9. The van der Waals surface area contributed by atoms with E-state index in [0.717, 1.165) is 6.42 Å². The van der Waals surface area contributed by atoms with Crippen molar-refractivity contribution in [1.82, 2.24) is 0 Å². The number of rotatable bonds is 1. The van der Waals surface area contributed by atoms with Gasteiger partial charge in [-0.2, -0.15) is 0 Å². The van der Waals surface area contributed by atoms with Gasteiger partial charge in [0, 0.05) is 32.7 Å². The monoisotopic (exact) mass is 158 g/mol. The van der Waals surface area contributed by atoms with Gasteiger partial charge in [0.2, 0.25) is 0 Å². The summed E-state index contributed by atoms with van der Waals surface area (Å²) in [5.41, 5.74) is 0. The zero-order valence-corrected chi connectivity index (χ0v) is 6.98. The zero-order valence-electron chi connectivity index (χ0n) is 4.15. The fraction of sp³-hybridized carbons (Fsp3) is 0.400. The largest absolute Gasteiger partial charge is 0.245 e. The molecule has 0 N–H and O–H groups in total. The Balaban J connectivity index is 0. The topological polar surface area (TPSA) is 0 Å². The summed E-state index contributed by atoms with van der Waals surface area (Å²) in [6.07, 6.45) is 4.92. The normalized spacial score (nSPS) is 8.17. The summed E-state index contributed by atoms with van der Waals surface area (Å²) < 4.78 is 0. The Morgan fingerprint density at radius 2 is 2.17 bits per heavy atom. The summed E-state index contributed by atoms with van der Waals surface area (Å²) in [6.45, 7) is 5.58. The van der Waals surface area contributed by atoms with Crippen LogP contribution in [-0.2, 0) is 32.7 Å². The van der Waals surface area contributed by atoms with Crippen LogP contribution in [0.2, 0.25) is 0 Å². The van der Waals surface area contributed by atoms with Crippen LogP contribution in [0.25, 0.3) is 0 Å². The molecule has 0 saturated heterocycles.